The van der Waals surface area contributed by atoms with Gasteiger partial charge in [-0.25, -0.2) is 0 Å². The van der Waals surface area contributed by atoms with Crippen molar-refractivity contribution in [2.75, 3.05) is 13.2 Å². The van der Waals surface area contributed by atoms with E-state index in [1.165, 1.54) is 0 Å². The van der Waals surface area contributed by atoms with Gasteiger partial charge in [-0.05, 0) is 18.4 Å². The van der Waals surface area contributed by atoms with Crippen molar-refractivity contribution in [3.8, 4) is 0 Å². The third-order valence-electron chi connectivity index (χ3n) is 2.60. The molecule has 0 aromatic carbocycles. The Labute approximate surface area is 82.7 Å². The van der Waals surface area contributed by atoms with E-state index in [0.29, 0.717) is 11.8 Å². The van der Waals surface area contributed by atoms with Gasteiger partial charge in [-0.15, -0.1) is 0 Å². The predicted octanol–water partition coefficient (Wildman–Crippen LogP) is 2.03. The van der Waals surface area contributed by atoms with Crippen LogP contribution in [-0.2, 0) is 0 Å². The minimum absolute atomic E-state index is 0.263. The molecule has 0 fully saturated rings. The van der Waals surface area contributed by atoms with Gasteiger partial charge in [0.1, 0.15) is 0 Å². The van der Waals surface area contributed by atoms with Gasteiger partial charge in [-0.3, -0.25) is 0 Å². The highest BCUT2D eigenvalue weighted by atomic mass is 16.3. The van der Waals surface area contributed by atoms with Crippen molar-refractivity contribution in [1.29, 1.82) is 0 Å². The van der Waals surface area contributed by atoms with Gasteiger partial charge in [0.05, 0.1) is 6.61 Å². The van der Waals surface area contributed by atoms with Gasteiger partial charge < -0.3 is 10.4 Å². The molecule has 13 heavy (non-hydrogen) atoms. The summed E-state index contributed by atoms with van der Waals surface area (Å²) in [6.45, 7) is 10.0. The molecule has 2 nitrogen and oxygen atoms in total. The molecule has 0 aliphatic heterocycles. The van der Waals surface area contributed by atoms with Crippen LogP contribution < -0.4 is 5.32 Å². The Bertz CT molecular complexity index is 111. The van der Waals surface area contributed by atoms with Crippen LogP contribution >= 0.6 is 0 Å². The largest absolute Gasteiger partial charge is 0.395 e. The van der Waals surface area contributed by atoms with Gasteiger partial charge in [0.2, 0.25) is 0 Å². The lowest BCUT2D eigenvalue weighted by Gasteiger charge is -2.25. The zero-order valence-electron chi connectivity index (χ0n) is 9.51. The first kappa shape index (κ1) is 12.9. The summed E-state index contributed by atoms with van der Waals surface area (Å²) in [7, 11) is 0. The van der Waals surface area contributed by atoms with E-state index in [9.17, 15) is 5.11 Å². The lowest BCUT2D eigenvalue weighted by Crippen LogP contribution is -2.40. The third-order valence-corrected chi connectivity index (χ3v) is 2.60. The number of hydrogen-bond donors (Lipinski definition) is 2. The highest BCUT2D eigenvalue weighted by molar-refractivity contribution is 4.74. The van der Waals surface area contributed by atoms with Crippen LogP contribution in [0.5, 0.6) is 0 Å². The summed E-state index contributed by atoms with van der Waals surface area (Å²) < 4.78 is 0. The maximum Gasteiger partial charge on any atom is 0.0587 e. The fourth-order valence-electron chi connectivity index (χ4n) is 1.63. The molecule has 0 aromatic rings. The fraction of sp³-hybridized carbons (Fsp3) is 1.00. The molecule has 1 unspecified atom stereocenters. The smallest absolute Gasteiger partial charge is 0.0587 e. The summed E-state index contributed by atoms with van der Waals surface area (Å²) in [4.78, 5) is 0. The molecule has 0 saturated heterocycles. The minimum atomic E-state index is 0.263. The Kier molecular flexibility index (Phi) is 7.29. The van der Waals surface area contributed by atoms with Crippen LogP contribution in [0, 0.1) is 11.8 Å². The first-order chi connectivity index (χ1) is 6.15. The maximum atomic E-state index is 9.21. The molecule has 2 heteroatoms. The molecule has 1 atom stereocenters. The third kappa shape index (κ3) is 5.27. The summed E-state index contributed by atoms with van der Waals surface area (Å²) in [6, 6.07) is 0.289. The Morgan fingerprint density at radius 1 is 1.15 bits per heavy atom. The van der Waals surface area contributed by atoms with Crippen molar-refractivity contribution in [1.82, 2.24) is 5.32 Å². The van der Waals surface area contributed by atoms with Gasteiger partial charge in [0, 0.05) is 6.04 Å². The second kappa shape index (κ2) is 7.34. The highest BCUT2D eigenvalue weighted by Gasteiger charge is 2.16. The van der Waals surface area contributed by atoms with E-state index in [1.54, 1.807) is 0 Å². The number of hydrogen-bond acceptors (Lipinski definition) is 2. The SMILES string of the molecule is CCC(CC)C(CO)NCC(C)C. The molecule has 0 saturated carbocycles. The molecule has 80 valence electrons. The topological polar surface area (TPSA) is 32.3 Å². The van der Waals surface area contributed by atoms with Crippen LogP contribution in [0.15, 0.2) is 0 Å². The number of nitrogens with one attached hydrogen (secondary N) is 1. The van der Waals surface area contributed by atoms with Crippen LogP contribution in [0.1, 0.15) is 40.5 Å². The molecule has 0 aliphatic rings. The first-order valence-electron chi connectivity index (χ1n) is 5.49. The van der Waals surface area contributed by atoms with Gasteiger partial charge in [-0.2, -0.15) is 0 Å². The lowest BCUT2D eigenvalue weighted by molar-refractivity contribution is 0.188. The predicted molar refractivity (Wildman–Crippen MR) is 57.8 cm³/mol. The lowest BCUT2D eigenvalue weighted by atomic mass is 9.94. The monoisotopic (exact) mass is 187 g/mol. The molecule has 0 rings (SSSR count). The summed E-state index contributed by atoms with van der Waals surface area (Å²) >= 11 is 0. The van der Waals surface area contributed by atoms with Crippen molar-refractivity contribution in [3.63, 3.8) is 0 Å². The highest BCUT2D eigenvalue weighted by Crippen LogP contribution is 2.12. The minimum Gasteiger partial charge on any atom is -0.395 e. The quantitative estimate of drug-likeness (QED) is 0.639. The molecule has 0 radical (unpaired) electrons. The number of aliphatic hydroxyl groups is 1. The molecule has 0 spiro atoms. The first-order valence-corrected chi connectivity index (χ1v) is 5.49. The molecule has 2 N–H and O–H groups in total. The van der Waals surface area contributed by atoms with Crippen molar-refractivity contribution >= 4 is 0 Å². The summed E-state index contributed by atoms with van der Waals surface area (Å²) in [5.74, 6) is 1.27. The molecule has 0 amide bonds. The van der Waals surface area contributed by atoms with Crippen LogP contribution in [0.2, 0.25) is 0 Å². The zero-order chi connectivity index (χ0) is 10.3. The molecule has 0 bridgehead atoms. The van der Waals surface area contributed by atoms with Crippen LogP contribution in [0.3, 0.4) is 0 Å². The van der Waals surface area contributed by atoms with E-state index in [1.807, 2.05) is 0 Å². The normalized spacial score (nSPS) is 14.1. The van der Waals surface area contributed by atoms with Crippen molar-refractivity contribution in [2.24, 2.45) is 11.8 Å². The summed E-state index contributed by atoms with van der Waals surface area (Å²) in [5, 5.41) is 12.6. The van der Waals surface area contributed by atoms with E-state index in [2.05, 4.69) is 33.0 Å². The van der Waals surface area contributed by atoms with Crippen molar-refractivity contribution in [3.05, 3.63) is 0 Å². The van der Waals surface area contributed by atoms with E-state index < -0.39 is 0 Å². The molecule has 0 aliphatic carbocycles. The Balaban J connectivity index is 3.85. The van der Waals surface area contributed by atoms with Gasteiger partial charge >= 0.3 is 0 Å². The van der Waals surface area contributed by atoms with E-state index in [4.69, 9.17) is 0 Å². The zero-order valence-corrected chi connectivity index (χ0v) is 9.51. The second-order valence-electron chi connectivity index (χ2n) is 4.17. The van der Waals surface area contributed by atoms with Crippen LogP contribution in [0.4, 0.5) is 0 Å². The molecular weight excluding hydrogens is 162 g/mol. The van der Waals surface area contributed by atoms with E-state index >= 15 is 0 Å². The molecule has 0 aromatic heterocycles. The van der Waals surface area contributed by atoms with E-state index in [0.717, 1.165) is 19.4 Å². The Hall–Kier alpha value is -0.0800. The standard InChI is InChI=1S/C11H25NO/c1-5-10(6-2)11(8-13)12-7-9(3)4/h9-13H,5-8H2,1-4H3. The summed E-state index contributed by atoms with van der Waals surface area (Å²) in [5.41, 5.74) is 0. The van der Waals surface area contributed by atoms with E-state index in [-0.39, 0.29) is 12.6 Å². The van der Waals surface area contributed by atoms with Crippen LogP contribution in [-0.4, -0.2) is 24.3 Å². The Morgan fingerprint density at radius 2 is 1.69 bits per heavy atom. The van der Waals surface area contributed by atoms with Gasteiger partial charge in [0.25, 0.3) is 0 Å². The molecule has 0 heterocycles. The number of aliphatic hydroxyl groups excluding tert-OH is 1. The van der Waals surface area contributed by atoms with Crippen LogP contribution in [0.25, 0.3) is 0 Å². The maximum absolute atomic E-state index is 9.21. The van der Waals surface area contributed by atoms with Crippen molar-refractivity contribution in [2.45, 2.75) is 46.6 Å². The molecular formula is C11H25NO. The fourth-order valence-corrected chi connectivity index (χ4v) is 1.63. The van der Waals surface area contributed by atoms with Crippen molar-refractivity contribution < 1.29 is 5.11 Å². The number of rotatable bonds is 7. The van der Waals surface area contributed by atoms with Gasteiger partial charge in [-0.1, -0.05) is 40.5 Å². The second-order valence-corrected chi connectivity index (χ2v) is 4.17. The Morgan fingerprint density at radius 3 is 2.00 bits per heavy atom. The van der Waals surface area contributed by atoms with Gasteiger partial charge in [0.15, 0.2) is 0 Å². The summed E-state index contributed by atoms with van der Waals surface area (Å²) in [6.07, 6.45) is 2.29. The average Bonchev–Trinajstić information content (AvgIpc) is 2.11. The average molecular weight is 187 g/mol.